The third kappa shape index (κ3) is 9.31. The summed E-state index contributed by atoms with van der Waals surface area (Å²) in [7, 11) is 0. The van der Waals surface area contributed by atoms with Crippen LogP contribution in [0.5, 0.6) is 5.75 Å². The van der Waals surface area contributed by atoms with Gasteiger partial charge in [0.15, 0.2) is 23.2 Å². The number of carbonyl (C=O) groups is 5. The number of unbranched alkanes of at least 4 members (excludes halogenated alkanes) is 1. The van der Waals surface area contributed by atoms with Gasteiger partial charge in [0.1, 0.15) is 11.9 Å². The quantitative estimate of drug-likeness (QED) is 0.0361. The topological polar surface area (TPSA) is 207 Å². The zero-order valence-electron chi connectivity index (χ0n) is 28.3. The minimum Gasteiger partial charge on any atom is -0.482 e. The average molecular weight is 774 g/mol. The minimum absolute atomic E-state index is 0.0679. The molecule has 1 fully saturated rings. The van der Waals surface area contributed by atoms with Crippen LogP contribution in [-0.2, 0) is 28.7 Å². The number of benzene rings is 1. The smallest absolute Gasteiger partial charge is 0.347 e. The van der Waals surface area contributed by atoms with Gasteiger partial charge in [0.25, 0.3) is 11.8 Å². The van der Waals surface area contributed by atoms with Crippen molar-refractivity contribution in [1.29, 1.82) is 0 Å². The Morgan fingerprint density at radius 3 is 2.43 bits per heavy atom. The number of nitrogen functional groups attached to an aromatic ring is 1. The monoisotopic (exact) mass is 772 g/mol. The fraction of sp³-hybridized carbons (Fsp3) is 0.343. The van der Waals surface area contributed by atoms with Crippen LogP contribution in [-0.4, -0.2) is 90.2 Å². The van der Waals surface area contributed by atoms with Gasteiger partial charge in [0.2, 0.25) is 0 Å². The second kappa shape index (κ2) is 16.9. The van der Waals surface area contributed by atoms with Gasteiger partial charge in [-0.1, -0.05) is 23.2 Å². The van der Waals surface area contributed by atoms with Crippen LogP contribution in [0.15, 0.2) is 60.7 Å². The van der Waals surface area contributed by atoms with E-state index < -0.39 is 53.3 Å². The molecular formula is C35H35Cl2FN6O9. The van der Waals surface area contributed by atoms with Crippen LogP contribution in [0.3, 0.4) is 0 Å². The van der Waals surface area contributed by atoms with Gasteiger partial charge in [0.05, 0.1) is 17.3 Å². The highest BCUT2D eigenvalue weighted by molar-refractivity contribution is 6.36. The molecule has 4 heterocycles. The van der Waals surface area contributed by atoms with Crippen molar-refractivity contribution < 1.29 is 48.0 Å². The predicted octanol–water partition coefficient (Wildman–Crippen LogP) is 4.81. The molecule has 2 aromatic heterocycles. The molecule has 2 aliphatic heterocycles. The number of amides is 2. The summed E-state index contributed by atoms with van der Waals surface area (Å²) in [4.78, 5) is 66.8. The number of esters is 1. The number of piperidine rings is 1. The van der Waals surface area contributed by atoms with Gasteiger partial charge in [-0.2, -0.15) is 5.10 Å². The molecule has 5 rings (SSSR count). The Labute approximate surface area is 312 Å². The number of nitrogens with zero attached hydrogens (tertiary/aromatic N) is 5. The number of likely N-dealkylation sites (tertiary alicyclic amines) is 1. The maximum absolute atomic E-state index is 14.1. The molecule has 2 unspecified atom stereocenters. The van der Waals surface area contributed by atoms with E-state index in [1.54, 1.807) is 35.0 Å². The normalized spacial score (nSPS) is 16.2. The van der Waals surface area contributed by atoms with E-state index in [-0.39, 0.29) is 59.0 Å². The molecule has 280 valence electrons. The van der Waals surface area contributed by atoms with E-state index in [9.17, 15) is 38.6 Å². The summed E-state index contributed by atoms with van der Waals surface area (Å²) in [6, 6.07) is 4.16. The van der Waals surface area contributed by atoms with E-state index in [1.165, 1.54) is 6.07 Å². The molecule has 1 saturated heterocycles. The SMILES string of the molecule is CC(Oc1cc(-c2cnn(C3CCN(C=C(C(=O)O)C(=O)OC(CCCCN4C(=O)C=CC4=O)C(=O)O)CC3)c2)cnc1N)c1c(Cl)ccc(F)c1Cl. The number of ether oxygens (including phenoxy) is 2. The molecule has 0 spiro atoms. The van der Waals surface area contributed by atoms with Crippen molar-refractivity contribution in [2.45, 2.75) is 57.3 Å². The summed E-state index contributed by atoms with van der Waals surface area (Å²) in [6.07, 6.45) is 7.47. The number of carboxylic acid groups (broad SMARTS) is 2. The number of halogens is 3. The summed E-state index contributed by atoms with van der Waals surface area (Å²) in [5.74, 6) is -5.56. The lowest BCUT2D eigenvalue weighted by atomic mass is 10.1. The standard InChI is InChI=1S/C35H35Cl2FN6O9/c1-19(30-24(36)5-6-25(38)31(30)37)52-27-14-20(15-40-32(27)39)21-16-41-44(17-21)22-9-12-42(13-10-22)18-23(33(47)48)35(51)53-26(34(49)50)4-2-3-11-43-28(45)7-8-29(43)46/h5-8,14-19,22,26H,2-4,9-13H2,1H3,(H2,39,40)(H,47,48)(H,49,50). The molecule has 0 radical (unpaired) electrons. The number of pyridine rings is 1. The molecule has 18 heteroatoms. The average Bonchev–Trinajstić information content (AvgIpc) is 3.74. The van der Waals surface area contributed by atoms with E-state index >= 15 is 0 Å². The number of anilines is 1. The third-order valence-electron chi connectivity index (χ3n) is 8.76. The lowest BCUT2D eigenvalue weighted by molar-refractivity contribution is -0.163. The summed E-state index contributed by atoms with van der Waals surface area (Å²) < 4.78 is 26.9. The summed E-state index contributed by atoms with van der Waals surface area (Å²) in [5, 5.41) is 23.9. The van der Waals surface area contributed by atoms with Gasteiger partial charge in [-0.05, 0) is 57.2 Å². The lowest BCUT2D eigenvalue weighted by Crippen LogP contribution is -2.34. The number of hydrogen-bond acceptors (Lipinski definition) is 11. The van der Waals surface area contributed by atoms with E-state index in [4.69, 9.17) is 38.4 Å². The highest BCUT2D eigenvalue weighted by Gasteiger charge is 2.30. The van der Waals surface area contributed by atoms with E-state index in [0.717, 1.165) is 29.3 Å². The fourth-order valence-electron chi connectivity index (χ4n) is 5.89. The van der Waals surface area contributed by atoms with Crippen LogP contribution in [0.4, 0.5) is 10.2 Å². The number of hydrogen-bond donors (Lipinski definition) is 3. The number of nitrogens with two attached hydrogens (primary N) is 1. The van der Waals surface area contributed by atoms with Crippen LogP contribution in [0.2, 0.25) is 10.0 Å². The zero-order valence-corrected chi connectivity index (χ0v) is 29.8. The second-order valence-electron chi connectivity index (χ2n) is 12.3. The van der Waals surface area contributed by atoms with Gasteiger partial charge in [-0.25, -0.2) is 23.8 Å². The Balaban J connectivity index is 1.17. The van der Waals surface area contributed by atoms with E-state index in [0.29, 0.717) is 37.1 Å². The van der Waals surface area contributed by atoms with E-state index in [1.807, 2.05) is 6.20 Å². The van der Waals surface area contributed by atoms with Crippen LogP contribution in [0.25, 0.3) is 11.1 Å². The Morgan fingerprint density at radius 1 is 1.08 bits per heavy atom. The molecular weight excluding hydrogens is 738 g/mol. The molecule has 4 N–H and O–H groups in total. The lowest BCUT2D eigenvalue weighted by Gasteiger charge is -2.31. The summed E-state index contributed by atoms with van der Waals surface area (Å²) in [5.41, 5.74) is 6.97. The van der Waals surface area contributed by atoms with Gasteiger partial charge >= 0.3 is 17.9 Å². The molecule has 0 bridgehead atoms. The number of aliphatic carboxylic acids is 2. The van der Waals surface area contributed by atoms with Crippen molar-refractivity contribution in [3.8, 4) is 16.9 Å². The van der Waals surface area contributed by atoms with Crippen molar-refractivity contribution >= 4 is 58.7 Å². The van der Waals surface area contributed by atoms with Crippen molar-refractivity contribution in [2.75, 3.05) is 25.4 Å². The fourth-order valence-corrected chi connectivity index (χ4v) is 6.57. The Kier molecular flexibility index (Phi) is 12.4. The second-order valence-corrected chi connectivity index (χ2v) is 13.1. The molecule has 0 saturated carbocycles. The first-order valence-corrected chi connectivity index (χ1v) is 17.3. The molecule has 3 aromatic rings. The highest BCUT2D eigenvalue weighted by atomic mass is 35.5. The molecule has 2 atom stereocenters. The number of aromatic nitrogens is 3. The number of imide groups is 1. The molecule has 15 nitrogen and oxygen atoms in total. The minimum atomic E-state index is -1.62. The predicted molar refractivity (Wildman–Crippen MR) is 188 cm³/mol. The first-order chi connectivity index (χ1) is 25.2. The number of carbonyl (C=O) groups excluding carboxylic acids is 3. The van der Waals surface area contributed by atoms with Crippen LogP contribution < -0.4 is 10.5 Å². The molecule has 2 amide bonds. The Bertz CT molecular complexity index is 1960. The third-order valence-corrected chi connectivity index (χ3v) is 9.48. The maximum atomic E-state index is 14.1. The zero-order chi connectivity index (χ0) is 38.4. The number of carboxylic acids is 2. The van der Waals surface area contributed by atoms with Crippen molar-refractivity contribution in [2.24, 2.45) is 0 Å². The van der Waals surface area contributed by atoms with E-state index in [2.05, 4.69) is 10.1 Å². The van der Waals surface area contributed by atoms with Crippen LogP contribution >= 0.6 is 23.2 Å². The maximum Gasteiger partial charge on any atom is 0.347 e. The molecule has 1 aromatic carbocycles. The largest absolute Gasteiger partial charge is 0.482 e. The summed E-state index contributed by atoms with van der Waals surface area (Å²) >= 11 is 12.4. The van der Waals surface area contributed by atoms with Crippen LogP contribution in [0.1, 0.15) is 56.7 Å². The van der Waals surface area contributed by atoms with Gasteiger partial charge in [-0.15, -0.1) is 0 Å². The number of rotatable bonds is 15. The first kappa shape index (κ1) is 38.7. The van der Waals surface area contributed by atoms with Gasteiger partial charge in [0, 0.05) is 72.1 Å². The van der Waals surface area contributed by atoms with Crippen molar-refractivity contribution in [3.63, 3.8) is 0 Å². The van der Waals surface area contributed by atoms with Crippen molar-refractivity contribution in [3.05, 3.63) is 82.1 Å². The Morgan fingerprint density at radius 2 is 1.77 bits per heavy atom. The molecule has 0 aliphatic carbocycles. The summed E-state index contributed by atoms with van der Waals surface area (Å²) in [6.45, 7) is 2.44. The van der Waals surface area contributed by atoms with Crippen molar-refractivity contribution in [1.82, 2.24) is 24.6 Å². The first-order valence-electron chi connectivity index (χ1n) is 16.5. The van der Waals surface area contributed by atoms with Gasteiger partial charge < -0.3 is 30.3 Å². The molecule has 2 aliphatic rings. The Hall–Kier alpha value is -5.48. The van der Waals surface area contributed by atoms with Crippen LogP contribution in [0, 0.1) is 5.82 Å². The van der Waals surface area contributed by atoms with Gasteiger partial charge in [-0.3, -0.25) is 19.2 Å². The highest BCUT2D eigenvalue weighted by Crippen LogP contribution is 2.37. The molecule has 53 heavy (non-hydrogen) atoms.